The predicted octanol–water partition coefficient (Wildman–Crippen LogP) is 5.94. The molecule has 0 aliphatic carbocycles. The van der Waals surface area contributed by atoms with Gasteiger partial charge in [0.2, 0.25) is 20.0 Å². The quantitative estimate of drug-likeness (QED) is 0.203. The first-order valence-electron chi connectivity index (χ1n) is 14.6. The van der Waals surface area contributed by atoms with Crippen LogP contribution in [0.5, 0.6) is 11.5 Å². The van der Waals surface area contributed by atoms with Crippen LogP contribution in [0.15, 0.2) is 72.8 Å². The third-order valence-corrected chi connectivity index (χ3v) is 8.39. The van der Waals surface area contributed by atoms with Gasteiger partial charge in [0.05, 0.1) is 12.5 Å². The number of benzene rings is 3. The number of halogens is 1. The number of ether oxygens (including phenoxy) is 1. The minimum absolute atomic E-state index is 0. The van der Waals surface area contributed by atoms with E-state index in [1.54, 1.807) is 48.5 Å². The maximum atomic E-state index is 13.3. The van der Waals surface area contributed by atoms with Crippen LogP contribution < -0.4 is 19.5 Å². The van der Waals surface area contributed by atoms with E-state index in [0.717, 1.165) is 63.4 Å². The van der Waals surface area contributed by atoms with Crippen LogP contribution in [0, 0.1) is 0 Å². The normalized spacial score (nSPS) is 14.2. The summed E-state index contributed by atoms with van der Waals surface area (Å²) < 4.78 is 56.4. The number of sulfonamides is 2. The van der Waals surface area contributed by atoms with E-state index >= 15 is 0 Å². The number of amides is 2. The molecule has 3 aromatic rings. The second-order valence-electron chi connectivity index (χ2n) is 11.1. The highest BCUT2D eigenvalue weighted by Crippen LogP contribution is 2.25. The maximum absolute atomic E-state index is 13.3. The number of likely N-dealkylation sites (tertiary alicyclic amines) is 1. The molecule has 45 heavy (non-hydrogen) atoms. The average molecular weight is 680 g/mol. The Balaban J connectivity index is 0.00000552. The Hall–Kier alpha value is -3.52. The molecule has 1 aliphatic rings. The van der Waals surface area contributed by atoms with E-state index in [1.807, 2.05) is 29.2 Å². The monoisotopic (exact) mass is 679 g/mol. The van der Waals surface area contributed by atoms with Gasteiger partial charge < -0.3 is 15.0 Å². The molecule has 0 radical (unpaired) electrons. The van der Waals surface area contributed by atoms with Crippen molar-refractivity contribution in [3.63, 3.8) is 0 Å². The molecule has 1 fully saturated rings. The Morgan fingerprint density at radius 3 is 1.76 bits per heavy atom. The summed E-state index contributed by atoms with van der Waals surface area (Å²) in [6.07, 6.45) is 5.86. The van der Waals surface area contributed by atoms with Crippen LogP contribution in [0.2, 0.25) is 0 Å². The van der Waals surface area contributed by atoms with E-state index in [4.69, 9.17) is 4.74 Å². The third-order valence-electron chi connectivity index (χ3n) is 7.17. The van der Waals surface area contributed by atoms with Crippen LogP contribution in [0.3, 0.4) is 0 Å². The molecule has 3 N–H and O–H groups in total. The summed E-state index contributed by atoms with van der Waals surface area (Å²) in [7, 11) is -6.70. The van der Waals surface area contributed by atoms with Gasteiger partial charge in [0.25, 0.3) is 0 Å². The molecule has 0 aromatic heterocycles. The van der Waals surface area contributed by atoms with Gasteiger partial charge in [-0.3, -0.25) is 14.3 Å². The Morgan fingerprint density at radius 1 is 0.800 bits per heavy atom. The lowest BCUT2D eigenvalue weighted by molar-refractivity contribution is 0.122. The molecule has 0 unspecified atom stereocenters. The second kappa shape index (κ2) is 16.2. The van der Waals surface area contributed by atoms with Crippen molar-refractivity contribution in [1.29, 1.82) is 0 Å². The molecule has 11 nitrogen and oxygen atoms in total. The first-order chi connectivity index (χ1) is 20.9. The number of nitrogens with one attached hydrogen (secondary N) is 3. The zero-order valence-electron chi connectivity index (χ0n) is 25.7. The second-order valence-corrected chi connectivity index (χ2v) is 14.6. The smallest absolute Gasteiger partial charge is 0.322 e. The fourth-order valence-electron chi connectivity index (χ4n) is 5.06. The summed E-state index contributed by atoms with van der Waals surface area (Å²) in [5.74, 6) is 1.30. The van der Waals surface area contributed by atoms with Crippen molar-refractivity contribution in [1.82, 2.24) is 9.80 Å². The topological polar surface area (TPSA) is 137 Å². The summed E-state index contributed by atoms with van der Waals surface area (Å²) in [6.45, 7) is 5.34. The molecule has 2 amide bonds. The number of piperidine rings is 1. The van der Waals surface area contributed by atoms with Gasteiger partial charge in [-0.1, -0.05) is 25.5 Å². The Labute approximate surface area is 272 Å². The van der Waals surface area contributed by atoms with Gasteiger partial charge in [-0.25, -0.2) is 21.6 Å². The van der Waals surface area contributed by atoms with Gasteiger partial charge in [0.1, 0.15) is 11.5 Å². The van der Waals surface area contributed by atoms with E-state index in [0.29, 0.717) is 35.1 Å². The van der Waals surface area contributed by atoms with Gasteiger partial charge in [-0.2, -0.15) is 0 Å². The molecular formula is C31H42ClN5O6S2. The van der Waals surface area contributed by atoms with Crippen LogP contribution in [0.1, 0.15) is 38.2 Å². The molecule has 0 saturated carbocycles. The van der Waals surface area contributed by atoms with Crippen LogP contribution in [0.25, 0.3) is 0 Å². The highest BCUT2D eigenvalue weighted by Gasteiger charge is 2.28. The van der Waals surface area contributed by atoms with E-state index < -0.39 is 20.0 Å². The largest absolute Gasteiger partial charge is 0.457 e. The van der Waals surface area contributed by atoms with E-state index in [2.05, 4.69) is 26.6 Å². The molecule has 1 aliphatic heterocycles. The first kappa shape index (κ1) is 36.0. The molecule has 1 saturated heterocycles. The number of hydrogen-bond acceptors (Lipinski definition) is 7. The van der Waals surface area contributed by atoms with E-state index in [1.165, 1.54) is 0 Å². The number of carbonyl (C=O) groups is 1. The summed E-state index contributed by atoms with van der Waals surface area (Å²) >= 11 is 0. The van der Waals surface area contributed by atoms with Crippen molar-refractivity contribution in [2.24, 2.45) is 0 Å². The fourth-order valence-corrected chi connectivity index (χ4v) is 6.19. The van der Waals surface area contributed by atoms with Gasteiger partial charge >= 0.3 is 6.03 Å². The van der Waals surface area contributed by atoms with Crippen LogP contribution in [-0.4, -0.2) is 70.9 Å². The lowest BCUT2D eigenvalue weighted by Gasteiger charge is -2.38. The predicted molar refractivity (Wildman–Crippen MR) is 183 cm³/mol. The molecule has 3 aromatic carbocycles. The Morgan fingerprint density at radius 2 is 1.27 bits per heavy atom. The number of unbranched alkanes of at least 4 members (excludes halogenated alkanes) is 1. The Kier molecular flexibility index (Phi) is 12.9. The number of rotatable bonds is 13. The highest BCUT2D eigenvalue weighted by molar-refractivity contribution is 7.92. The molecule has 0 atom stereocenters. The number of anilines is 3. The average Bonchev–Trinajstić information content (AvgIpc) is 2.96. The lowest BCUT2D eigenvalue weighted by Crippen LogP contribution is -2.49. The minimum atomic E-state index is -3.37. The van der Waals surface area contributed by atoms with Gasteiger partial charge in [0, 0.05) is 49.3 Å². The summed E-state index contributed by atoms with van der Waals surface area (Å²) in [4.78, 5) is 17.6. The van der Waals surface area contributed by atoms with E-state index in [-0.39, 0.29) is 24.5 Å². The maximum Gasteiger partial charge on any atom is 0.322 e. The molecule has 14 heteroatoms. The van der Waals surface area contributed by atoms with Gasteiger partial charge in [-0.05, 0) is 85.5 Å². The summed E-state index contributed by atoms with van der Waals surface area (Å²) in [5, 5.41) is 2.98. The highest BCUT2D eigenvalue weighted by atomic mass is 35.5. The van der Waals surface area contributed by atoms with Crippen LogP contribution in [-0.2, 0) is 26.6 Å². The van der Waals surface area contributed by atoms with E-state index in [9.17, 15) is 21.6 Å². The van der Waals surface area contributed by atoms with Crippen molar-refractivity contribution < 1.29 is 26.4 Å². The summed E-state index contributed by atoms with van der Waals surface area (Å²) in [6, 6.07) is 21.3. The van der Waals surface area contributed by atoms with Crippen molar-refractivity contribution in [2.45, 2.75) is 45.2 Å². The fraction of sp³-hybridized carbons (Fsp3) is 0.387. The van der Waals surface area contributed by atoms with Gasteiger partial charge in [-0.15, -0.1) is 12.4 Å². The standard InChI is InChI=1S/C31H41N5O6S2.ClH/c1-4-5-20-36(31(37)32-25-8-10-26(11-9-25)33-43(2,38)39)28-18-21-35(22-19-28)23-24-6-14-29(15-7-24)42-30-16-12-27(13-17-30)34-44(3,40)41;/h6-17,28,33-34H,4-5,18-23H2,1-3H3,(H,32,37);1H. The third kappa shape index (κ3) is 12.1. The van der Waals surface area contributed by atoms with Crippen molar-refractivity contribution >= 4 is 55.5 Å². The van der Waals surface area contributed by atoms with Crippen molar-refractivity contribution in [3.8, 4) is 11.5 Å². The Bertz CT molecular complexity index is 1600. The van der Waals surface area contributed by atoms with Crippen molar-refractivity contribution in [2.75, 3.05) is 46.9 Å². The number of carbonyl (C=O) groups excluding carboxylic acids is 1. The first-order valence-corrected chi connectivity index (χ1v) is 18.4. The van der Waals surface area contributed by atoms with Crippen LogP contribution >= 0.6 is 12.4 Å². The van der Waals surface area contributed by atoms with Gasteiger partial charge in [0.15, 0.2) is 0 Å². The number of urea groups is 1. The zero-order chi connectivity index (χ0) is 31.7. The zero-order valence-corrected chi connectivity index (χ0v) is 28.2. The molecular weight excluding hydrogens is 638 g/mol. The number of hydrogen-bond donors (Lipinski definition) is 3. The SMILES string of the molecule is CCCCN(C(=O)Nc1ccc(NS(C)(=O)=O)cc1)C1CCN(Cc2ccc(Oc3ccc(NS(C)(=O)=O)cc3)cc2)CC1.Cl. The number of nitrogens with zero attached hydrogens (tertiary/aromatic N) is 2. The molecule has 0 spiro atoms. The van der Waals surface area contributed by atoms with Crippen LogP contribution in [0.4, 0.5) is 21.9 Å². The minimum Gasteiger partial charge on any atom is -0.457 e. The lowest BCUT2D eigenvalue weighted by atomic mass is 10.0. The molecule has 4 rings (SSSR count). The summed E-state index contributed by atoms with van der Waals surface area (Å²) in [5.41, 5.74) is 2.70. The molecule has 246 valence electrons. The molecule has 0 bridgehead atoms. The molecule has 1 heterocycles. The van der Waals surface area contributed by atoms with Crippen molar-refractivity contribution in [3.05, 3.63) is 78.4 Å².